The van der Waals surface area contributed by atoms with E-state index in [1.165, 1.54) is 24.3 Å². The highest BCUT2D eigenvalue weighted by Crippen LogP contribution is 2.36. The summed E-state index contributed by atoms with van der Waals surface area (Å²) in [7, 11) is 0. The van der Waals surface area contributed by atoms with Gasteiger partial charge in [0, 0.05) is 6.08 Å². The Balaban J connectivity index is 0.00000136. The molecule has 2 aromatic carbocycles. The summed E-state index contributed by atoms with van der Waals surface area (Å²) in [5.41, 5.74) is 1.52. The van der Waals surface area contributed by atoms with Crippen LogP contribution in [0.1, 0.15) is 47.9 Å². The molecule has 148 valence electrons. The van der Waals surface area contributed by atoms with Crippen LogP contribution in [0.25, 0.3) is 12.2 Å². The summed E-state index contributed by atoms with van der Waals surface area (Å²) in [5.74, 6) is 0.615. The predicted octanol–water partition coefficient (Wildman–Crippen LogP) is 6.84. The van der Waals surface area contributed by atoms with Gasteiger partial charge in [-0.25, -0.2) is 0 Å². The van der Waals surface area contributed by atoms with Crippen LogP contribution >= 0.6 is 11.6 Å². The fourth-order valence-corrected chi connectivity index (χ4v) is 2.64. The molecule has 0 radical (unpaired) electrons. The Labute approximate surface area is 166 Å². The average molecular weight is 409 g/mol. The first-order valence-electron chi connectivity index (χ1n) is 8.74. The molecule has 0 atom stereocenters. The van der Waals surface area contributed by atoms with Gasteiger partial charge >= 0.3 is 6.18 Å². The summed E-state index contributed by atoms with van der Waals surface area (Å²) < 4.78 is 44.1. The molecule has 7 heteroatoms. The first-order valence-corrected chi connectivity index (χ1v) is 9.12. The van der Waals surface area contributed by atoms with Crippen LogP contribution in [0.4, 0.5) is 13.2 Å². The Morgan fingerprint density at radius 3 is 2.32 bits per heavy atom. The van der Waals surface area contributed by atoms with E-state index in [0.29, 0.717) is 12.3 Å². The van der Waals surface area contributed by atoms with E-state index in [9.17, 15) is 13.2 Å². The molecule has 0 N–H and O–H groups in total. The molecular weight excluding hydrogens is 389 g/mol. The average Bonchev–Trinajstić information content (AvgIpc) is 3.11. The summed E-state index contributed by atoms with van der Waals surface area (Å²) in [6.45, 7) is 6.00. The van der Waals surface area contributed by atoms with Crippen LogP contribution in [0, 0.1) is 6.92 Å². The minimum atomic E-state index is -4.51. The van der Waals surface area contributed by atoms with Gasteiger partial charge in [-0.3, -0.25) is 0 Å². The monoisotopic (exact) mass is 408 g/mol. The van der Waals surface area contributed by atoms with Crippen LogP contribution in [0.2, 0.25) is 5.02 Å². The number of halogens is 4. The Morgan fingerprint density at radius 1 is 1.00 bits per heavy atom. The highest BCUT2D eigenvalue weighted by atomic mass is 35.5. The number of hydrogen-bond donors (Lipinski definition) is 0. The molecule has 3 aromatic rings. The number of aromatic nitrogens is 2. The van der Waals surface area contributed by atoms with Crippen molar-refractivity contribution in [1.82, 2.24) is 10.2 Å². The van der Waals surface area contributed by atoms with Crippen molar-refractivity contribution in [3.8, 4) is 0 Å². The molecule has 0 unspecified atom stereocenters. The van der Waals surface area contributed by atoms with E-state index < -0.39 is 11.7 Å². The van der Waals surface area contributed by atoms with Gasteiger partial charge in [0.2, 0.25) is 11.8 Å². The summed E-state index contributed by atoms with van der Waals surface area (Å²) in [6, 6.07) is 11.6. The molecule has 0 amide bonds. The summed E-state index contributed by atoms with van der Waals surface area (Å²) in [6.07, 6.45) is -1.17. The smallest absolute Gasteiger partial charge is 0.417 e. The lowest BCUT2D eigenvalue weighted by Gasteiger charge is -2.10. The maximum atomic E-state index is 12.9. The SMILES string of the molecule is CC.Cc1ccc(Cc2nnc(/C=C/c3cccc(C(F)(F)F)c3Cl)o2)cc1. The van der Waals surface area contributed by atoms with Crippen molar-refractivity contribution in [3.05, 3.63) is 81.5 Å². The summed E-state index contributed by atoms with van der Waals surface area (Å²) in [5, 5.41) is 7.46. The Morgan fingerprint density at radius 2 is 1.68 bits per heavy atom. The second-order valence-electron chi connectivity index (χ2n) is 5.74. The third-order valence-corrected chi connectivity index (χ3v) is 4.12. The number of alkyl halides is 3. The fourth-order valence-electron chi connectivity index (χ4n) is 2.34. The molecule has 0 aliphatic carbocycles. The lowest BCUT2D eigenvalue weighted by molar-refractivity contribution is -0.137. The molecular formula is C21H20ClF3N2O. The van der Waals surface area contributed by atoms with E-state index in [1.807, 2.05) is 45.0 Å². The van der Waals surface area contributed by atoms with Crippen molar-refractivity contribution < 1.29 is 17.6 Å². The van der Waals surface area contributed by atoms with Crippen molar-refractivity contribution in [3.63, 3.8) is 0 Å². The van der Waals surface area contributed by atoms with Gasteiger partial charge in [-0.15, -0.1) is 10.2 Å². The van der Waals surface area contributed by atoms with Gasteiger partial charge in [0.15, 0.2) is 0 Å². The van der Waals surface area contributed by atoms with Crippen molar-refractivity contribution >= 4 is 23.8 Å². The molecule has 0 fully saturated rings. The first kappa shape index (κ1) is 21.7. The van der Waals surface area contributed by atoms with Crippen LogP contribution in [-0.4, -0.2) is 10.2 Å². The third kappa shape index (κ3) is 5.70. The van der Waals surface area contributed by atoms with Gasteiger partial charge < -0.3 is 4.42 Å². The second kappa shape index (κ2) is 9.55. The van der Waals surface area contributed by atoms with Gasteiger partial charge in [-0.2, -0.15) is 13.2 Å². The Hall–Kier alpha value is -2.60. The molecule has 0 saturated heterocycles. The fraction of sp³-hybridized carbons (Fsp3) is 0.238. The van der Waals surface area contributed by atoms with E-state index in [1.54, 1.807) is 0 Å². The van der Waals surface area contributed by atoms with E-state index >= 15 is 0 Å². The summed E-state index contributed by atoms with van der Waals surface area (Å²) in [4.78, 5) is 0. The topological polar surface area (TPSA) is 38.9 Å². The van der Waals surface area contributed by atoms with E-state index in [2.05, 4.69) is 10.2 Å². The highest BCUT2D eigenvalue weighted by molar-refractivity contribution is 6.33. The molecule has 0 aliphatic heterocycles. The molecule has 3 nitrogen and oxygen atoms in total. The standard InChI is InChI=1S/C19H14ClF3N2O.C2H6/c1-12-5-7-13(8-6-12)11-17-25-24-16(26-17)10-9-14-3-2-4-15(18(14)20)19(21,22)23;1-2/h2-10H,11H2,1H3;1-2H3/b10-9+;. The Kier molecular flexibility index (Phi) is 7.40. The molecule has 0 bridgehead atoms. The van der Waals surface area contributed by atoms with Crippen molar-refractivity contribution in [2.45, 2.75) is 33.4 Å². The summed E-state index contributed by atoms with van der Waals surface area (Å²) >= 11 is 5.85. The number of hydrogen-bond acceptors (Lipinski definition) is 3. The molecule has 3 rings (SSSR count). The lowest BCUT2D eigenvalue weighted by Crippen LogP contribution is -2.06. The number of rotatable bonds is 4. The largest absolute Gasteiger partial charge is 0.421 e. The Bertz CT molecular complexity index is 932. The van der Waals surface area contributed by atoms with Crippen molar-refractivity contribution in [2.75, 3.05) is 0 Å². The minimum absolute atomic E-state index is 0.195. The molecule has 28 heavy (non-hydrogen) atoms. The number of nitrogens with zero attached hydrogens (tertiary/aromatic N) is 2. The van der Waals surface area contributed by atoms with Crippen LogP contribution in [0.3, 0.4) is 0 Å². The van der Waals surface area contributed by atoms with Crippen LogP contribution in [0.15, 0.2) is 46.9 Å². The maximum Gasteiger partial charge on any atom is 0.417 e. The van der Waals surface area contributed by atoms with E-state index in [-0.39, 0.29) is 16.5 Å². The molecule has 0 saturated carbocycles. The lowest BCUT2D eigenvalue weighted by atomic mass is 10.1. The zero-order valence-electron chi connectivity index (χ0n) is 15.7. The minimum Gasteiger partial charge on any atom is -0.421 e. The molecule has 1 aromatic heterocycles. The van der Waals surface area contributed by atoms with E-state index in [4.69, 9.17) is 16.0 Å². The third-order valence-electron chi connectivity index (χ3n) is 3.70. The number of benzene rings is 2. The quantitative estimate of drug-likeness (QED) is 0.474. The number of aryl methyl sites for hydroxylation is 1. The molecule has 0 aliphatic rings. The van der Waals surface area contributed by atoms with Gasteiger partial charge in [-0.05, 0) is 30.2 Å². The van der Waals surface area contributed by atoms with E-state index in [0.717, 1.165) is 17.2 Å². The highest BCUT2D eigenvalue weighted by Gasteiger charge is 2.33. The second-order valence-corrected chi connectivity index (χ2v) is 6.11. The van der Waals surface area contributed by atoms with Gasteiger partial charge in [0.05, 0.1) is 17.0 Å². The van der Waals surface area contributed by atoms with Gasteiger partial charge in [-0.1, -0.05) is 67.4 Å². The van der Waals surface area contributed by atoms with Crippen molar-refractivity contribution in [1.29, 1.82) is 0 Å². The van der Waals surface area contributed by atoms with Gasteiger partial charge in [0.1, 0.15) is 0 Å². The van der Waals surface area contributed by atoms with Gasteiger partial charge in [0.25, 0.3) is 0 Å². The maximum absolute atomic E-state index is 12.9. The zero-order valence-corrected chi connectivity index (χ0v) is 16.5. The van der Waals surface area contributed by atoms with Crippen molar-refractivity contribution in [2.24, 2.45) is 0 Å². The molecule has 1 heterocycles. The molecule has 0 spiro atoms. The van der Waals surface area contributed by atoms with Crippen LogP contribution in [0.5, 0.6) is 0 Å². The first-order chi connectivity index (χ1) is 13.3. The van der Waals surface area contributed by atoms with Crippen LogP contribution < -0.4 is 0 Å². The van der Waals surface area contributed by atoms with Crippen LogP contribution in [-0.2, 0) is 12.6 Å². The predicted molar refractivity (Wildman–Crippen MR) is 105 cm³/mol. The normalized spacial score (nSPS) is 11.4. The zero-order chi connectivity index (χ0) is 20.7.